The van der Waals surface area contributed by atoms with Crippen molar-refractivity contribution >= 4 is 22.8 Å². The standard InChI is InChI=1S/C25H23F4NO4/c1-13-21(22(24(32)33)14-5-3-4-6-14)17-11-20(34-2)18(26)12-19(17)30(13)23(31)15-7-9-16(10-8-15)25(27,28)29/h7-12,14,22H,3-6H2,1-2H3,(H,32,33). The molecule has 1 heterocycles. The zero-order valence-electron chi connectivity index (χ0n) is 18.6. The molecule has 4 rings (SSSR count). The van der Waals surface area contributed by atoms with Gasteiger partial charge < -0.3 is 9.84 Å². The van der Waals surface area contributed by atoms with E-state index in [1.807, 2.05) is 0 Å². The summed E-state index contributed by atoms with van der Waals surface area (Å²) in [5, 5.41) is 10.5. The molecular weight excluding hydrogens is 454 g/mol. The van der Waals surface area contributed by atoms with Crippen LogP contribution in [0.5, 0.6) is 5.75 Å². The van der Waals surface area contributed by atoms with Crippen LogP contribution >= 0.6 is 0 Å². The molecule has 34 heavy (non-hydrogen) atoms. The second kappa shape index (κ2) is 8.77. The van der Waals surface area contributed by atoms with Crippen LogP contribution in [0.1, 0.15) is 58.8 Å². The Morgan fingerprint density at radius 3 is 2.26 bits per heavy atom. The fourth-order valence-electron chi connectivity index (χ4n) is 5.03. The van der Waals surface area contributed by atoms with Crippen LogP contribution in [0.2, 0.25) is 0 Å². The number of halogens is 4. The number of hydrogen-bond donors (Lipinski definition) is 1. The van der Waals surface area contributed by atoms with Gasteiger partial charge in [-0.05, 0) is 61.6 Å². The number of methoxy groups -OCH3 is 1. The molecule has 1 saturated carbocycles. The number of nitrogens with zero attached hydrogens (tertiary/aromatic N) is 1. The first-order valence-corrected chi connectivity index (χ1v) is 10.9. The molecule has 0 saturated heterocycles. The Morgan fingerprint density at radius 2 is 1.74 bits per heavy atom. The van der Waals surface area contributed by atoms with Crippen LogP contribution in [-0.2, 0) is 11.0 Å². The van der Waals surface area contributed by atoms with E-state index in [1.54, 1.807) is 6.92 Å². The summed E-state index contributed by atoms with van der Waals surface area (Å²) in [4.78, 5) is 25.8. The second-order valence-corrected chi connectivity index (χ2v) is 8.58. The summed E-state index contributed by atoms with van der Waals surface area (Å²) in [7, 11) is 1.28. The number of benzene rings is 2. The smallest absolute Gasteiger partial charge is 0.416 e. The number of alkyl halides is 3. The zero-order valence-corrected chi connectivity index (χ0v) is 18.6. The van der Waals surface area contributed by atoms with Gasteiger partial charge in [-0.3, -0.25) is 14.2 Å². The molecule has 180 valence electrons. The number of ether oxygens (including phenoxy) is 1. The van der Waals surface area contributed by atoms with Crippen molar-refractivity contribution in [1.29, 1.82) is 0 Å². The molecule has 0 aliphatic heterocycles. The highest BCUT2D eigenvalue weighted by molar-refractivity contribution is 6.05. The number of hydrogen-bond acceptors (Lipinski definition) is 3. The molecule has 1 aliphatic rings. The molecule has 1 fully saturated rings. The van der Waals surface area contributed by atoms with E-state index in [1.165, 1.54) is 17.7 Å². The summed E-state index contributed by atoms with van der Waals surface area (Å²) in [6, 6.07) is 6.20. The SMILES string of the molecule is COc1cc2c(C(C(=O)O)C3CCCC3)c(C)n(C(=O)c3ccc(C(F)(F)F)cc3)c2cc1F. The molecule has 9 heteroatoms. The van der Waals surface area contributed by atoms with Gasteiger partial charge in [0.15, 0.2) is 11.6 Å². The molecule has 2 aromatic carbocycles. The number of carbonyl (C=O) groups excluding carboxylic acids is 1. The van der Waals surface area contributed by atoms with Crippen LogP contribution < -0.4 is 4.74 Å². The Kier molecular flexibility index (Phi) is 6.14. The van der Waals surface area contributed by atoms with Crippen molar-refractivity contribution in [2.24, 2.45) is 5.92 Å². The van der Waals surface area contributed by atoms with Crippen molar-refractivity contribution in [2.75, 3.05) is 7.11 Å². The van der Waals surface area contributed by atoms with Gasteiger partial charge in [0.1, 0.15) is 0 Å². The molecule has 3 aromatic rings. The lowest BCUT2D eigenvalue weighted by Gasteiger charge is -2.20. The minimum atomic E-state index is -4.56. The van der Waals surface area contributed by atoms with Crippen molar-refractivity contribution in [3.63, 3.8) is 0 Å². The molecule has 1 unspecified atom stereocenters. The minimum Gasteiger partial charge on any atom is -0.494 e. The van der Waals surface area contributed by atoms with E-state index in [4.69, 9.17) is 4.74 Å². The molecule has 1 aromatic heterocycles. The van der Waals surface area contributed by atoms with Gasteiger partial charge in [0.05, 0.1) is 24.1 Å². The van der Waals surface area contributed by atoms with Crippen molar-refractivity contribution in [3.8, 4) is 5.75 Å². The molecule has 1 atom stereocenters. The summed E-state index contributed by atoms with van der Waals surface area (Å²) < 4.78 is 59.8. The highest BCUT2D eigenvalue weighted by Gasteiger charge is 2.37. The Hall–Kier alpha value is -3.36. The average Bonchev–Trinajstić information content (AvgIpc) is 3.39. The summed E-state index contributed by atoms with van der Waals surface area (Å²) in [6.07, 6.45) is -1.33. The first kappa shape index (κ1) is 23.8. The van der Waals surface area contributed by atoms with Gasteiger partial charge in [0.2, 0.25) is 0 Å². The number of aliphatic carboxylic acids is 1. The fourth-order valence-corrected chi connectivity index (χ4v) is 5.03. The van der Waals surface area contributed by atoms with Crippen molar-refractivity contribution in [1.82, 2.24) is 4.57 Å². The first-order valence-electron chi connectivity index (χ1n) is 10.9. The summed E-state index contributed by atoms with van der Waals surface area (Å²) in [5.74, 6) is -3.62. The normalized spacial score (nSPS) is 15.6. The Labute approximate surface area is 192 Å². The van der Waals surface area contributed by atoms with Crippen LogP contribution in [0.4, 0.5) is 17.6 Å². The van der Waals surface area contributed by atoms with Crippen LogP contribution in [0.15, 0.2) is 36.4 Å². The third-order valence-electron chi connectivity index (χ3n) is 6.64. The van der Waals surface area contributed by atoms with E-state index in [0.29, 0.717) is 29.5 Å². The summed E-state index contributed by atoms with van der Waals surface area (Å²) in [5.41, 5.74) is -0.0925. The number of carbonyl (C=O) groups is 2. The van der Waals surface area contributed by atoms with Crippen LogP contribution in [0.25, 0.3) is 10.9 Å². The van der Waals surface area contributed by atoms with E-state index in [9.17, 15) is 32.3 Å². The third-order valence-corrected chi connectivity index (χ3v) is 6.64. The minimum absolute atomic E-state index is 0.0384. The average molecular weight is 477 g/mol. The number of aromatic nitrogens is 1. The van der Waals surface area contributed by atoms with Crippen molar-refractivity contribution in [2.45, 2.75) is 44.7 Å². The Balaban J connectivity index is 1.93. The fraction of sp³-hybridized carbons (Fsp3) is 0.360. The molecule has 0 radical (unpaired) electrons. The molecule has 5 nitrogen and oxygen atoms in total. The molecule has 0 spiro atoms. The topological polar surface area (TPSA) is 68.5 Å². The second-order valence-electron chi connectivity index (χ2n) is 8.58. The monoisotopic (exact) mass is 477 g/mol. The van der Waals surface area contributed by atoms with E-state index in [2.05, 4.69) is 0 Å². The van der Waals surface area contributed by atoms with Crippen molar-refractivity contribution in [3.05, 3.63) is 64.6 Å². The Bertz CT molecular complexity index is 1250. The number of fused-ring (bicyclic) bond motifs is 1. The molecule has 1 N–H and O–H groups in total. The van der Waals surface area contributed by atoms with Crippen LogP contribution in [0.3, 0.4) is 0 Å². The highest BCUT2D eigenvalue weighted by Crippen LogP contribution is 2.44. The zero-order chi connectivity index (χ0) is 24.8. The summed E-state index contributed by atoms with van der Waals surface area (Å²) in [6.45, 7) is 1.58. The summed E-state index contributed by atoms with van der Waals surface area (Å²) >= 11 is 0. The van der Waals surface area contributed by atoms with E-state index in [0.717, 1.165) is 43.2 Å². The predicted molar refractivity (Wildman–Crippen MR) is 117 cm³/mol. The van der Waals surface area contributed by atoms with Crippen LogP contribution in [0, 0.1) is 18.7 Å². The van der Waals surface area contributed by atoms with Gasteiger partial charge in [-0.2, -0.15) is 13.2 Å². The Morgan fingerprint density at radius 1 is 1.12 bits per heavy atom. The molecular formula is C25H23F4NO4. The number of rotatable bonds is 5. The molecule has 0 amide bonds. The van der Waals surface area contributed by atoms with Gasteiger partial charge in [-0.15, -0.1) is 0 Å². The van der Waals surface area contributed by atoms with Crippen LogP contribution in [-0.4, -0.2) is 28.7 Å². The lowest BCUT2D eigenvalue weighted by atomic mass is 9.83. The van der Waals surface area contributed by atoms with Gasteiger partial charge in [0.25, 0.3) is 5.91 Å². The molecule has 0 bridgehead atoms. The first-order chi connectivity index (χ1) is 16.0. The predicted octanol–water partition coefficient (Wildman–Crippen LogP) is 6.16. The van der Waals surface area contributed by atoms with E-state index in [-0.39, 0.29) is 22.7 Å². The lowest BCUT2D eigenvalue weighted by molar-refractivity contribution is -0.140. The highest BCUT2D eigenvalue weighted by atomic mass is 19.4. The largest absolute Gasteiger partial charge is 0.494 e. The maximum absolute atomic E-state index is 14.7. The number of carboxylic acids is 1. The van der Waals surface area contributed by atoms with Gasteiger partial charge in [0, 0.05) is 22.7 Å². The third kappa shape index (κ3) is 4.03. The lowest BCUT2D eigenvalue weighted by Crippen LogP contribution is -2.21. The van der Waals surface area contributed by atoms with E-state index < -0.39 is 35.4 Å². The molecule has 1 aliphatic carbocycles. The quantitative estimate of drug-likeness (QED) is 0.447. The van der Waals surface area contributed by atoms with Gasteiger partial charge >= 0.3 is 12.1 Å². The van der Waals surface area contributed by atoms with Gasteiger partial charge in [-0.25, -0.2) is 4.39 Å². The van der Waals surface area contributed by atoms with E-state index >= 15 is 0 Å². The number of carboxylic acid groups (broad SMARTS) is 1. The maximum Gasteiger partial charge on any atom is 0.416 e. The van der Waals surface area contributed by atoms with Gasteiger partial charge in [-0.1, -0.05) is 12.8 Å². The maximum atomic E-state index is 14.7. The van der Waals surface area contributed by atoms with Crippen molar-refractivity contribution < 1.29 is 37.0 Å².